The summed E-state index contributed by atoms with van der Waals surface area (Å²) in [5.41, 5.74) is 0.997. The van der Waals surface area contributed by atoms with Crippen molar-refractivity contribution in [3.63, 3.8) is 0 Å². The SMILES string of the molecule is Cc1ccc([N+](=O)[O-])c(OCCC[NH+](C)C)c1. The Hall–Kier alpha value is -1.62. The maximum absolute atomic E-state index is 10.8. The fourth-order valence-electron chi connectivity index (χ4n) is 1.50. The van der Waals surface area contributed by atoms with Crippen molar-refractivity contribution in [2.75, 3.05) is 27.2 Å². The van der Waals surface area contributed by atoms with E-state index in [1.807, 2.05) is 6.92 Å². The third kappa shape index (κ3) is 4.40. The molecule has 5 heteroatoms. The monoisotopic (exact) mass is 239 g/mol. The smallest absolute Gasteiger partial charge is 0.310 e. The molecule has 0 aliphatic rings. The van der Waals surface area contributed by atoms with E-state index in [-0.39, 0.29) is 5.69 Å². The lowest BCUT2D eigenvalue weighted by Gasteiger charge is -2.09. The summed E-state index contributed by atoms with van der Waals surface area (Å²) in [5, 5.41) is 10.8. The Bertz CT molecular complexity index is 391. The van der Waals surface area contributed by atoms with E-state index in [1.54, 1.807) is 12.1 Å². The van der Waals surface area contributed by atoms with Gasteiger partial charge in [0.1, 0.15) is 0 Å². The number of nitro benzene ring substituents is 1. The fraction of sp³-hybridized carbons (Fsp3) is 0.500. The molecule has 0 radical (unpaired) electrons. The molecule has 1 aromatic carbocycles. The minimum absolute atomic E-state index is 0.0350. The van der Waals surface area contributed by atoms with Gasteiger partial charge in [-0.15, -0.1) is 0 Å². The molecule has 0 amide bonds. The molecule has 0 aliphatic carbocycles. The van der Waals surface area contributed by atoms with Gasteiger partial charge in [-0.1, -0.05) is 6.07 Å². The van der Waals surface area contributed by atoms with Gasteiger partial charge in [-0.25, -0.2) is 0 Å². The van der Waals surface area contributed by atoms with Gasteiger partial charge in [-0.2, -0.15) is 0 Å². The number of nitro groups is 1. The Labute approximate surface area is 101 Å². The molecule has 0 spiro atoms. The highest BCUT2D eigenvalue weighted by molar-refractivity contribution is 5.48. The molecule has 94 valence electrons. The third-order valence-electron chi connectivity index (χ3n) is 2.39. The van der Waals surface area contributed by atoms with Crippen molar-refractivity contribution in [2.24, 2.45) is 0 Å². The summed E-state index contributed by atoms with van der Waals surface area (Å²) in [7, 11) is 4.13. The van der Waals surface area contributed by atoms with Crippen LogP contribution in [0.15, 0.2) is 18.2 Å². The number of ether oxygens (including phenoxy) is 1. The van der Waals surface area contributed by atoms with Gasteiger partial charge in [0.2, 0.25) is 0 Å². The quantitative estimate of drug-likeness (QED) is 0.454. The summed E-state index contributed by atoms with van der Waals surface area (Å²) in [4.78, 5) is 11.7. The van der Waals surface area contributed by atoms with Crippen LogP contribution in [0.25, 0.3) is 0 Å². The molecular formula is C12H19N2O3+. The van der Waals surface area contributed by atoms with Crippen molar-refractivity contribution in [1.29, 1.82) is 0 Å². The van der Waals surface area contributed by atoms with Gasteiger partial charge < -0.3 is 9.64 Å². The number of benzene rings is 1. The summed E-state index contributed by atoms with van der Waals surface area (Å²) >= 11 is 0. The van der Waals surface area contributed by atoms with E-state index < -0.39 is 4.92 Å². The van der Waals surface area contributed by atoms with Crippen LogP contribution in [0.2, 0.25) is 0 Å². The average Bonchev–Trinajstić information content (AvgIpc) is 2.23. The van der Waals surface area contributed by atoms with Gasteiger partial charge in [-0.3, -0.25) is 10.1 Å². The maximum Gasteiger partial charge on any atom is 0.310 e. The Morgan fingerprint density at radius 3 is 2.71 bits per heavy atom. The number of aryl methyl sites for hydroxylation is 1. The third-order valence-corrected chi connectivity index (χ3v) is 2.39. The minimum Gasteiger partial charge on any atom is -0.487 e. The van der Waals surface area contributed by atoms with Crippen LogP contribution in [0.1, 0.15) is 12.0 Å². The summed E-state index contributed by atoms with van der Waals surface area (Å²) in [5.74, 6) is 0.365. The lowest BCUT2D eigenvalue weighted by atomic mass is 10.2. The molecule has 0 atom stereocenters. The maximum atomic E-state index is 10.8. The predicted molar refractivity (Wildman–Crippen MR) is 65.6 cm³/mol. The molecule has 0 heterocycles. The second kappa shape index (κ2) is 6.20. The number of nitrogens with one attached hydrogen (secondary N) is 1. The normalized spacial score (nSPS) is 10.6. The molecular weight excluding hydrogens is 220 g/mol. The van der Waals surface area contributed by atoms with E-state index in [0.717, 1.165) is 18.5 Å². The zero-order valence-electron chi connectivity index (χ0n) is 10.5. The molecule has 0 fully saturated rings. The lowest BCUT2D eigenvalue weighted by Crippen LogP contribution is -3.05. The highest BCUT2D eigenvalue weighted by Crippen LogP contribution is 2.27. The molecule has 17 heavy (non-hydrogen) atoms. The summed E-state index contributed by atoms with van der Waals surface area (Å²) < 4.78 is 5.47. The van der Waals surface area contributed by atoms with Crippen LogP contribution in [-0.2, 0) is 0 Å². The Morgan fingerprint density at radius 2 is 2.12 bits per heavy atom. The van der Waals surface area contributed by atoms with E-state index in [1.165, 1.54) is 11.0 Å². The molecule has 0 unspecified atom stereocenters. The second-order valence-electron chi connectivity index (χ2n) is 4.39. The van der Waals surface area contributed by atoms with E-state index in [2.05, 4.69) is 14.1 Å². The summed E-state index contributed by atoms with van der Waals surface area (Å²) in [6, 6.07) is 4.91. The summed E-state index contributed by atoms with van der Waals surface area (Å²) in [6.07, 6.45) is 0.882. The van der Waals surface area contributed by atoms with Crippen molar-refractivity contribution < 1.29 is 14.6 Å². The first kappa shape index (κ1) is 13.4. The average molecular weight is 239 g/mol. The predicted octanol–water partition coefficient (Wildman–Crippen LogP) is 0.817. The summed E-state index contributed by atoms with van der Waals surface area (Å²) in [6.45, 7) is 3.38. The van der Waals surface area contributed by atoms with Crippen molar-refractivity contribution in [3.05, 3.63) is 33.9 Å². The largest absolute Gasteiger partial charge is 0.487 e. The first-order valence-corrected chi connectivity index (χ1v) is 5.67. The Morgan fingerprint density at radius 1 is 1.41 bits per heavy atom. The van der Waals surface area contributed by atoms with Crippen molar-refractivity contribution in [3.8, 4) is 5.75 Å². The second-order valence-corrected chi connectivity index (χ2v) is 4.39. The zero-order valence-corrected chi connectivity index (χ0v) is 10.5. The van der Waals surface area contributed by atoms with Crippen molar-refractivity contribution >= 4 is 5.69 Å². The van der Waals surface area contributed by atoms with E-state index in [4.69, 9.17) is 4.74 Å². The lowest BCUT2D eigenvalue weighted by molar-refractivity contribution is -0.858. The van der Waals surface area contributed by atoms with Crippen molar-refractivity contribution in [2.45, 2.75) is 13.3 Å². The molecule has 0 aromatic heterocycles. The highest BCUT2D eigenvalue weighted by atomic mass is 16.6. The van der Waals surface area contributed by atoms with Crippen LogP contribution < -0.4 is 9.64 Å². The van der Waals surface area contributed by atoms with Gasteiger partial charge in [-0.05, 0) is 18.6 Å². The van der Waals surface area contributed by atoms with Crippen LogP contribution in [0.4, 0.5) is 5.69 Å². The highest BCUT2D eigenvalue weighted by Gasteiger charge is 2.14. The van der Waals surface area contributed by atoms with Gasteiger partial charge in [0.05, 0.1) is 32.2 Å². The standard InChI is InChI=1S/C12H18N2O3/c1-10-5-6-11(14(15)16)12(9-10)17-8-4-7-13(2)3/h5-6,9H,4,7-8H2,1-3H3/p+1. The molecule has 1 rings (SSSR count). The van der Waals surface area contributed by atoms with E-state index >= 15 is 0 Å². The molecule has 0 saturated carbocycles. The Balaban J connectivity index is 2.62. The number of nitrogens with zero attached hydrogens (tertiary/aromatic N) is 1. The van der Waals surface area contributed by atoms with Crippen molar-refractivity contribution in [1.82, 2.24) is 0 Å². The number of hydrogen-bond acceptors (Lipinski definition) is 3. The minimum atomic E-state index is -0.411. The van der Waals surface area contributed by atoms with Gasteiger partial charge in [0.15, 0.2) is 5.75 Å². The van der Waals surface area contributed by atoms with E-state index in [9.17, 15) is 10.1 Å². The number of hydrogen-bond donors (Lipinski definition) is 1. The molecule has 5 nitrogen and oxygen atoms in total. The number of quaternary nitrogens is 1. The van der Waals surface area contributed by atoms with Crippen LogP contribution >= 0.6 is 0 Å². The molecule has 0 bridgehead atoms. The van der Waals surface area contributed by atoms with Crippen LogP contribution in [0, 0.1) is 17.0 Å². The first-order valence-electron chi connectivity index (χ1n) is 5.67. The topological polar surface area (TPSA) is 56.8 Å². The Kier molecular flexibility index (Phi) is 4.90. The molecule has 1 aromatic rings. The number of rotatable bonds is 6. The molecule has 0 saturated heterocycles. The molecule has 0 aliphatic heterocycles. The van der Waals surface area contributed by atoms with Gasteiger partial charge >= 0.3 is 5.69 Å². The van der Waals surface area contributed by atoms with E-state index in [0.29, 0.717) is 12.4 Å². The van der Waals surface area contributed by atoms with Gasteiger partial charge in [0.25, 0.3) is 0 Å². The first-order chi connectivity index (χ1) is 8.00. The van der Waals surface area contributed by atoms with Crippen LogP contribution in [0.3, 0.4) is 0 Å². The van der Waals surface area contributed by atoms with Crippen LogP contribution in [0.5, 0.6) is 5.75 Å². The van der Waals surface area contributed by atoms with Gasteiger partial charge in [0, 0.05) is 12.5 Å². The fourth-order valence-corrected chi connectivity index (χ4v) is 1.50. The zero-order chi connectivity index (χ0) is 12.8. The molecule has 1 N–H and O–H groups in total. The van der Waals surface area contributed by atoms with Crippen LogP contribution in [-0.4, -0.2) is 32.2 Å².